The Morgan fingerprint density at radius 3 is 3.18 bits per heavy atom. The molecule has 2 rings (SSSR count). The molecule has 0 aromatic carbocycles. The summed E-state index contributed by atoms with van der Waals surface area (Å²) in [5.41, 5.74) is 3.35. The number of hydrogen-bond acceptors (Lipinski definition) is 5. The van der Waals surface area contributed by atoms with Gasteiger partial charge in [-0.25, -0.2) is 10.0 Å². The molecule has 0 saturated carbocycles. The fraction of sp³-hybridized carbons (Fsp3) is 0.750. The summed E-state index contributed by atoms with van der Waals surface area (Å²) in [6.07, 6.45) is 5.47. The summed E-state index contributed by atoms with van der Waals surface area (Å²) < 4.78 is 5.18. The van der Waals surface area contributed by atoms with E-state index >= 15 is 0 Å². The van der Waals surface area contributed by atoms with Crippen molar-refractivity contribution in [1.82, 2.24) is 15.3 Å². The van der Waals surface area contributed by atoms with Crippen molar-refractivity contribution in [2.75, 3.05) is 33.9 Å². The second-order valence-corrected chi connectivity index (χ2v) is 4.50. The largest absolute Gasteiger partial charge is 0.383 e. The van der Waals surface area contributed by atoms with Gasteiger partial charge in [0.2, 0.25) is 0 Å². The van der Waals surface area contributed by atoms with Gasteiger partial charge in [-0.2, -0.15) is 0 Å². The molecule has 0 aromatic heterocycles. The van der Waals surface area contributed by atoms with Crippen LogP contribution in [-0.4, -0.2) is 55.8 Å². The van der Waals surface area contributed by atoms with Crippen LogP contribution in [0, 0.1) is 5.92 Å². The Bertz CT molecular complexity index is 316. The number of nitrogens with zero attached hydrogens (tertiary/aromatic N) is 3. The summed E-state index contributed by atoms with van der Waals surface area (Å²) >= 11 is 0. The average Bonchev–Trinajstić information content (AvgIpc) is 2.67. The first kappa shape index (κ1) is 12.5. The number of likely N-dealkylation sites (N-methyl/N-ethyl adjacent to an activating group) is 1. The summed E-state index contributed by atoms with van der Waals surface area (Å²) in [6.45, 7) is 4.94. The van der Waals surface area contributed by atoms with Gasteiger partial charge in [0.05, 0.1) is 18.7 Å². The van der Waals surface area contributed by atoms with Gasteiger partial charge in [-0.1, -0.05) is 13.0 Å². The number of amidine groups is 1. The van der Waals surface area contributed by atoms with E-state index in [0.717, 1.165) is 32.0 Å². The number of hydrazine groups is 1. The van der Waals surface area contributed by atoms with E-state index in [1.54, 1.807) is 7.11 Å². The predicted octanol–water partition coefficient (Wildman–Crippen LogP) is 0.663. The highest BCUT2D eigenvalue weighted by Crippen LogP contribution is 2.26. The topological polar surface area (TPSA) is 40.1 Å². The van der Waals surface area contributed by atoms with Gasteiger partial charge in [0.25, 0.3) is 0 Å². The molecule has 2 aliphatic rings. The molecule has 1 fully saturated rings. The number of methoxy groups -OCH3 is 1. The molecular weight excluding hydrogens is 216 g/mol. The number of fused-ring (bicyclic) bond motifs is 1. The fourth-order valence-electron chi connectivity index (χ4n) is 2.62. The monoisotopic (exact) mass is 238 g/mol. The highest BCUT2D eigenvalue weighted by molar-refractivity contribution is 5.87. The molecule has 5 nitrogen and oxygen atoms in total. The van der Waals surface area contributed by atoms with Crippen molar-refractivity contribution in [3.8, 4) is 0 Å². The molecule has 0 bridgehead atoms. The van der Waals surface area contributed by atoms with Gasteiger partial charge in [-0.3, -0.25) is 4.90 Å². The fourth-order valence-corrected chi connectivity index (χ4v) is 2.62. The molecule has 2 unspecified atom stereocenters. The molecule has 2 atom stereocenters. The van der Waals surface area contributed by atoms with Crippen molar-refractivity contribution in [3.05, 3.63) is 12.3 Å². The maximum atomic E-state index is 5.18. The number of ether oxygens (including phenoxy) is 1. The average molecular weight is 238 g/mol. The van der Waals surface area contributed by atoms with Crippen molar-refractivity contribution < 1.29 is 4.74 Å². The SMILES string of the molecule is CCN(CCOC)C1C2CC=CN=C2NN1C. The van der Waals surface area contributed by atoms with E-state index < -0.39 is 0 Å². The van der Waals surface area contributed by atoms with Crippen LogP contribution < -0.4 is 5.43 Å². The van der Waals surface area contributed by atoms with E-state index in [1.807, 2.05) is 6.20 Å². The lowest BCUT2D eigenvalue weighted by Crippen LogP contribution is -2.49. The molecule has 17 heavy (non-hydrogen) atoms. The van der Waals surface area contributed by atoms with Crippen LogP contribution in [0.5, 0.6) is 0 Å². The highest BCUT2D eigenvalue weighted by Gasteiger charge is 2.40. The maximum absolute atomic E-state index is 5.18. The molecule has 2 aliphatic heterocycles. The molecule has 1 saturated heterocycles. The maximum Gasteiger partial charge on any atom is 0.122 e. The normalized spacial score (nSPS) is 28.1. The van der Waals surface area contributed by atoms with E-state index in [-0.39, 0.29) is 0 Å². The van der Waals surface area contributed by atoms with E-state index in [4.69, 9.17) is 4.74 Å². The first-order valence-electron chi connectivity index (χ1n) is 6.23. The van der Waals surface area contributed by atoms with Gasteiger partial charge in [-0.15, -0.1) is 0 Å². The Balaban J connectivity index is 2.07. The molecule has 1 N–H and O–H groups in total. The third kappa shape index (κ3) is 2.51. The van der Waals surface area contributed by atoms with Crippen molar-refractivity contribution in [2.45, 2.75) is 19.5 Å². The number of aliphatic imine (C=N–C) groups is 1. The summed E-state index contributed by atoms with van der Waals surface area (Å²) in [4.78, 5) is 6.85. The number of nitrogens with one attached hydrogen (secondary N) is 1. The standard InChI is InChI=1S/C12H22N4O/c1-4-16(8-9-17-3)12-10-6-5-7-13-11(10)14-15(12)2/h5,7,10,12H,4,6,8-9H2,1-3H3,(H,13,14). The van der Waals surface area contributed by atoms with Crippen LogP contribution in [0.2, 0.25) is 0 Å². The summed E-state index contributed by atoms with van der Waals surface area (Å²) in [5, 5.41) is 2.16. The Kier molecular flexibility index (Phi) is 4.15. The Morgan fingerprint density at radius 2 is 2.47 bits per heavy atom. The van der Waals surface area contributed by atoms with Gasteiger partial charge >= 0.3 is 0 Å². The first-order chi connectivity index (χ1) is 8.27. The zero-order valence-electron chi connectivity index (χ0n) is 10.9. The third-order valence-electron chi connectivity index (χ3n) is 3.47. The zero-order valence-corrected chi connectivity index (χ0v) is 10.9. The van der Waals surface area contributed by atoms with Crippen molar-refractivity contribution in [1.29, 1.82) is 0 Å². The van der Waals surface area contributed by atoms with Crippen LogP contribution in [0.1, 0.15) is 13.3 Å². The van der Waals surface area contributed by atoms with E-state index in [9.17, 15) is 0 Å². The van der Waals surface area contributed by atoms with Gasteiger partial charge in [0.1, 0.15) is 5.84 Å². The van der Waals surface area contributed by atoms with Gasteiger partial charge in [-0.05, 0) is 13.0 Å². The molecular formula is C12H22N4O. The predicted molar refractivity (Wildman–Crippen MR) is 68.5 cm³/mol. The van der Waals surface area contributed by atoms with Crippen LogP contribution in [0.4, 0.5) is 0 Å². The third-order valence-corrected chi connectivity index (χ3v) is 3.47. The summed E-state index contributed by atoms with van der Waals surface area (Å²) in [5.74, 6) is 1.55. The lowest BCUT2D eigenvalue weighted by atomic mass is 9.99. The van der Waals surface area contributed by atoms with Crippen molar-refractivity contribution >= 4 is 5.84 Å². The molecule has 0 aliphatic carbocycles. The van der Waals surface area contributed by atoms with Crippen molar-refractivity contribution in [2.24, 2.45) is 10.9 Å². The zero-order chi connectivity index (χ0) is 12.3. The van der Waals surface area contributed by atoms with Crippen LogP contribution in [0.25, 0.3) is 0 Å². The second-order valence-electron chi connectivity index (χ2n) is 4.50. The van der Waals surface area contributed by atoms with Crippen molar-refractivity contribution in [3.63, 3.8) is 0 Å². The summed E-state index contributed by atoms with van der Waals surface area (Å²) in [7, 11) is 3.83. The Hall–Kier alpha value is -0.910. The smallest absolute Gasteiger partial charge is 0.122 e. The minimum atomic E-state index is 0.374. The van der Waals surface area contributed by atoms with Crippen LogP contribution in [0.15, 0.2) is 17.3 Å². The molecule has 0 spiro atoms. The first-order valence-corrected chi connectivity index (χ1v) is 6.23. The molecule has 5 heteroatoms. The minimum Gasteiger partial charge on any atom is -0.383 e. The summed E-state index contributed by atoms with van der Waals surface area (Å²) in [6, 6.07) is 0. The lowest BCUT2D eigenvalue weighted by molar-refractivity contribution is 0.0309. The van der Waals surface area contributed by atoms with E-state index in [0.29, 0.717) is 12.1 Å². The van der Waals surface area contributed by atoms with Gasteiger partial charge in [0, 0.05) is 26.9 Å². The molecule has 0 radical (unpaired) electrons. The van der Waals surface area contributed by atoms with Crippen LogP contribution in [0.3, 0.4) is 0 Å². The Labute approximate surface area is 103 Å². The Morgan fingerprint density at radius 1 is 1.65 bits per heavy atom. The van der Waals surface area contributed by atoms with Crippen LogP contribution in [-0.2, 0) is 4.74 Å². The highest BCUT2D eigenvalue weighted by atomic mass is 16.5. The minimum absolute atomic E-state index is 0.374. The molecule has 96 valence electrons. The van der Waals surface area contributed by atoms with Gasteiger partial charge < -0.3 is 10.2 Å². The molecule has 2 heterocycles. The lowest BCUT2D eigenvalue weighted by Gasteiger charge is -2.34. The molecule has 0 amide bonds. The quantitative estimate of drug-likeness (QED) is 0.764. The van der Waals surface area contributed by atoms with Crippen LogP contribution >= 0.6 is 0 Å². The van der Waals surface area contributed by atoms with E-state index in [2.05, 4.69) is 40.4 Å². The number of allylic oxidation sites excluding steroid dienone is 1. The van der Waals surface area contributed by atoms with E-state index in [1.165, 1.54) is 0 Å². The molecule has 0 aromatic rings. The second kappa shape index (κ2) is 5.62. The number of hydrogen-bond donors (Lipinski definition) is 1. The number of rotatable bonds is 5. The van der Waals surface area contributed by atoms with Gasteiger partial charge in [0.15, 0.2) is 0 Å².